The minimum Gasteiger partial charge on any atom is -0.478 e. The molecule has 1 saturated heterocycles. The highest BCUT2D eigenvalue weighted by molar-refractivity contribution is 7.84. The molecule has 0 spiro atoms. The SMILES string of the molecule is CC(C)(ON=C(C(=O)N[C@H]1C(=O)N(S(=O)(=O)O)[C@@H]1C1CCCCC1)c1csc(N)n1)C(=O)O. The fourth-order valence-electron chi connectivity index (χ4n) is 3.85. The zero-order valence-corrected chi connectivity index (χ0v) is 19.6. The number of carboxylic acids is 1. The monoisotopic (exact) mass is 503 g/mol. The van der Waals surface area contributed by atoms with Gasteiger partial charge in [0.1, 0.15) is 11.7 Å². The minimum atomic E-state index is -4.81. The molecule has 1 saturated carbocycles. The Balaban J connectivity index is 1.88. The maximum atomic E-state index is 13.0. The summed E-state index contributed by atoms with van der Waals surface area (Å²) in [7, 11) is -4.81. The second-order valence-electron chi connectivity index (χ2n) is 8.37. The highest BCUT2D eigenvalue weighted by Gasteiger charge is 2.57. The van der Waals surface area contributed by atoms with Gasteiger partial charge < -0.3 is 21.0 Å². The fourth-order valence-corrected chi connectivity index (χ4v) is 5.34. The van der Waals surface area contributed by atoms with Gasteiger partial charge >= 0.3 is 16.3 Å². The van der Waals surface area contributed by atoms with Crippen LogP contribution >= 0.6 is 11.3 Å². The summed E-state index contributed by atoms with van der Waals surface area (Å²) < 4.78 is 33.5. The molecule has 2 aliphatic rings. The number of carboxylic acid groups (broad SMARTS) is 1. The van der Waals surface area contributed by atoms with Crippen molar-refractivity contribution < 1.29 is 37.3 Å². The van der Waals surface area contributed by atoms with Crippen molar-refractivity contribution in [3.05, 3.63) is 11.1 Å². The molecule has 2 atom stereocenters. The Kier molecular flexibility index (Phi) is 6.95. The number of carbonyl (C=O) groups excluding carboxylic acids is 2. The summed E-state index contributed by atoms with van der Waals surface area (Å²) in [6, 6.07) is -2.17. The van der Waals surface area contributed by atoms with Gasteiger partial charge in [0, 0.05) is 5.38 Å². The van der Waals surface area contributed by atoms with Gasteiger partial charge in [0.05, 0.1) is 6.04 Å². The molecule has 0 bridgehead atoms. The topological polar surface area (TPSA) is 202 Å². The van der Waals surface area contributed by atoms with E-state index >= 15 is 0 Å². The van der Waals surface area contributed by atoms with Gasteiger partial charge in [-0.2, -0.15) is 8.42 Å². The molecule has 182 valence electrons. The standard InChI is InChI=1S/C18H25N5O8S2/c1-18(2,16(26)27)31-22-11(10-8-32-17(19)20-10)14(24)21-12-13(9-6-4-3-5-7-9)23(15(12)25)33(28,29)30/h8-9,12-13H,3-7H2,1-2H3,(H2,19,20)(H,21,24)(H,26,27)(H,28,29,30)/t12-,13-/m1/s1. The lowest BCUT2D eigenvalue weighted by Crippen LogP contribution is -2.74. The number of nitrogens with one attached hydrogen (secondary N) is 1. The smallest absolute Gasteiger partial charge is 0.362 e. The van der Waals surface area contributed by atoms with Crippen molar-refractivity contribution in [1.82, 2.24) is 14.6 Å². The number of carbonyl (C=O) groups is 3. The Bertz CT molecular complexity index is 1080. The molecule has 2 amide bonds. The number of nitrogens with zero attached hydrogens (tertiary/aromatic N) is 3. The maximum Gasteiger partial charge on any atom is 0.362 e. The molecule has 1 aliphatic carbocycles. The molecule has 1 aromatic heterocycles. The number of rotatable bonds is 8. The summed E-state index contributed by atoms with van der Waals surface area (Å²) in [5, 5.41) is 16.8. The summed E-state index contributed by atoms with van der Waals surface area (Å²) >= 11 is 1.00. The van der Waals surface area contributed by atoms with E-state index in [0.29, 0.717) is 17.1 Å². The molecule has 2 fully saturated rings. The molecule has 0 aromatic carbocycles. The highest BCUT2D eigenvalue weighted by Crippen LogP contribution is 2.37. The van der Waals surface area contributed by atoms with E-state index in [9.17, 15) is 32.5 Å². The number of hydrogen-bond donors (Lipinski definition) is 4. The van der Waals surface area contributed by atoms with Gasteiger partial charge in [-0.05, 0) is 32.6 Å². The molecule has 1 aromatic rings. The van der Waals surface area contributed by atoms with Gasteiger partial charge in [0.2, 0.25) is 5.60 Å². The number of aromatic nitrogens is 1. The highest BCUT2D eigenvalue weighted by atomic mass is 32.2. The number of amides is 2. The Morgan fingerprint density at radius 3 is 2.48 bits per heavy atom. The first kappa shape index (κ1) is 24.9. The van der Waals surface area contributed by atoms with Crippen molar-refractivity contribution in [2.75, 3.05) is 5.73 Å². The molecule has 15 heteroatoms. The Labute approximate surface area is 193 Å². The van der Waals surface area contributed by atoms with E-state index in [4.69, 9.17) is 10.6 Å². The first-order valence-electron chi connectivity index (χ1n) is 10.2. The van der Waals surface area contributed by atoms with Gasteiger partial charge in [-0.25, -0.2) is 14.1 Å². The average molecular weight is 504 g/mol. The van der Waals surface area contributed by atoms with E-state index in [1.165, 1.54) is 19.2 Å². The summed E-state index contributed by atoms with van der Waals surface area (Å²) in [4.78, 5) is 45.9. The van der Waals surface area contributed by atoms with E-state index < -0.39 is 51.5 Å². The minimum absolute atomic E-state index is 0.0104. The van der Waals surface area contributed by atoms with Gasteiger partial charge in [0.15, 0.2) is 10.8 Å². The predicted molar refractivity (Wildman–Crippen MR) is 117 cm³/mol. The number of anilines is 1. The van der Waals surface area contributed by atoms with Crippen LogP contribution in [0, 0.1) is 5.92 Å². The van der Waals surface area contributed by atoms with Crippen molar-refractivity contribution in [3.63, 3.8) is 0 Å². The van der Waals surface area contributed by atoms with Gasteiger partial charge in [-0.1, -0.05) is 24.4 Å². The lowest BCUT2D eigenvalue weighted by atomic mass is 9.77. The van der Waals surface area contributed by atoms with Gasteiger partial charge in [0.25, 0.3) is 11.8 Å². The third-order valence-electron chi connectivity index (χ3n) is 5.62. The Morgan fingerprint density at radius 1 is 1.33 bits per heavy atom. The van der Waals surface area contributed by atoms with Crippen molar-refractivity contribution in [2.45, 2.75) is 63.6 Å². The normalized spacial score (nSPS) is 22.6. The number of oxime groups is 1. The first-order chi connectivity index (χ1) is 15.3. The van der Waals surface area contributed by atoms with Crippen LogP contribution in [-0.2, 0) is 29.5 Å². The van der Waals surface area contributed by atoms with E-state index in [0.717, 1.165) is 30.6 Å². The van der Waals surface area contributed by atoms with Crippen LogP contribution in [0.3, 0.4) is 0 Å². The third-order valence-corrected chi connectivity index (χ3v) is 7.22. The molecule has 1 aliphatic heterocycles. The number of nitrogen functional groups attached to an aromatic ring is 1. The largest absolute Gasteiger partial charge is 0.478 e. The number of hydrogen-bond acceptors (Lipinski definition) is 10. The average Bonchev–Trinajstić information content (AvgIpc) is 3.15. The lowest BCUT2D eigenvalue weighted by Gasteiger charge is -2.48. The van der Waals surface area contributed by atoms with E-state index in [1.54, 1.807) is 0 Å². The first-order valence-corrected chi connectivity index (χ1v) is 12.4. The molecule has 2 heterocycles. The molecule has 3 rings (SSSR count). The third kappa shape index (κ3) is 5.25. The number of aliphatic carboxylic acids is 1. The van der Waals surface area contributed by atoms with E-state index in [1.807, 2.05) is 0 Å². The summed E-state index contributed by atoms with van der Waals surface area (Å²) in [6.07, 6.45) is 3.90. The number of β-lactam (4-membered cyclic amide) rings is 1. The second kappa shape index (κ2) is 9.23. The zero-order valence-electron chi connectivity index (χ0n) is 17.9. The quantitative estimate of drug-likeness (QED) is 0.166. The van der Waals surface area contributed by atoms with Crippen LogP contribution in [0.25, 0.3) is 0 Å². The molecular weight excluding hydrogens is 478 g/mol. The van der Waals surface area contributed by atoms with Crippen LogP contribution in [-0.4, -0.2) is 68.5 Å². The van der Waals surface area contributed by atoms with Crippen LogP contribution in [0.2, 0.25) is 0 Å². The molecule has 13 nitrogen and oxygen atoms in total. The molecule has 0 radical (unpaired) electrons. The summed E-state index contributed by atoms with van der Waals surface area (Å²) in [5.74, 6) is -3.48. The lowest BCUT2D eigenvalue weighted by molar-refractivity contribution is -0.161. The van der Waals surface area contributed by atoms with Crippen LogP contribution < -0.4 is 11.1 Å². The maximum absolute atomic E-state index is 13.0. The zero-order chi connectivity index (χ0) is 24.6. The number of nitrogens with two attached hydrogens (primary N) is 1. The fraction of sp³-hybridized carbons (Fsp3) is 0.611. The molecule has 0 unspecified atom stereocenters. The molecule has 33 heavy (non-hydrogen) atoms. The second-order valence-corrected chi connectivity index (χ2v) is 10.5. The van der Waals surface area contributed by atoms with Crippen molar-refractivity contribution in [3.8, 4) is 0 Å². The van der Waals surface area contributed by atoms with Crippen LogP contribution in [0.1, 0.15) is 51.6 Å². The number of thiazole rings is 1. The summed E-state index contributed by atoms with van der Waals surface area (Å²) in [5.41, 5.74) is 3.41. The van der Waals surface area contributed by atoms with Gasteiger partial charge in [-0.3, -0.25) is 14.1 Å². The van der Waals surface area contributed by atoms with Crippen LogP contribution in [0.4, 0.5) is 5.13 Å². The van der Waals surface area contributed by atoms with Crippen LogP contribution in [0.15, 0.2) is 10.5 Å². The van der Waals surface area contributed by atoms with E-state index in [-0.39, 0.29) is 16.7 Å². The molecule has 5 N–H and O–H groups in total. The van der Waals surface area contributed by atoms with Crippen molar-refractivity contribution in [2.24, 2.45) is 11.1 Å². The Hall–Kier alpha value is -2.78. The van der Waals surface area contributed by atoms with Crippen molar-refractivity contribution >= 4 is 50.3 Å². The summed E-state index contributed by atoms with van der Waals surface area (Å²) in [6.45, 7) is 2.45. The predicted octanol–water partition coefficient (Wildman–Crippen LogP) is 0.388. The van der Waals surface area contributed by atoms with Gasteiger partial charge in [-0.15, -0.1) is 11.3 Å². The molecular formula is C18H25N5O8S2. The Morgan fingerprint density at radius 2 is 1.97 bits per heavy atom. The van der Waals surface area contributed by atoms with Crippen LogP contribution in [0.5, 0.6) is 0 Å². The van der Waals surface area contributed by atoms with E-state index in [2.05, 4.69) is 15.5 Å². The van der Waals surface area contributed by atoms with Crippen molar-refractivity contribution in [1.29, 1.82) is 0 Å².